The fourth-order valence-corrected chi connectivity index (χ4v) is 8.56. The van der Waals surface area contributed by atoms with Crippen molar-refractivity contribution in [1.82, 2.24) is 29.6 Å². The first-order chi connectivity index (χ1) is 29.3. The number of imidazole rings is 1. The summed E-state index contributed by atoms with van der Waals surface area (Å²) >= 11 is 0. The minimum atomic E-state index is -5.08. The van der Waals surface area contributed by atoms with Crippen molar-refractivity contribution in [2.45, 2.75) is 79.7 Å². The number of carboxylic acid groups (broad SMARTS) is 1. The Morgan fingerprint density at radius 1 is 0.887 bits per heavy atom. The number of amides is 1. The third kappa shape index (κ3) is 10.6. The summed E-state index contributed by atoms with van der Waals surface area (Å²) in [6.07, 6.45) is -9.85. The monoisotopic (exact) mass is 892 g/mol. The smallest absolute Gasteiger partial charge is 0.475 e. The van der Waals surface area contributed by atoms with Gasteiger partial charge in [0.15, 0.2) is 17.0 Å². The number of carbonyl (C=O) groups excluding carboxylic acids is 1. The molecule has 62 heavy (non-hydrogen) atoms. The molecule has 5 atom stereocenters. The summed E-state index contributed by atoms with van der Waals surface area (Å²) < 4.78 is 102. The second-order valence-electron chi connectivity index (χ2n) is 14.6. The van der Waals surface area contributed by atoms with Crippen LogP contribution in [0.25, 0.3) is 11.2 Å². The molecule has 0 bridgehead atoms. The minimum Gasteiger partial charge on any atom is -0.475 e. The van der Waals surface area contributed by atoms with Gasteiger partial charge < -0.3 is 35.4 Å². The van der Waals surface area contributed by atoms with Gasteiger partial charge in [0, 0.05) is 38.0 Å². The molecule has 332 valence electrons. The summed E-state index contributed by atoms with van der Waals surface area (Å²) in [5.74, 6) is -2.44. The number of hydrogen-bond donors (Lipinski definition) is 6. The summed E-state index contributed by atoms with van der Waals surface area (Å²) in [5.41, 5.74) is 1.96. The number of aromatic nitrogens is 4. The first kappa shape index (κ1) is 45.7. The number of aliphatic hydroxyl groups is 2. The molecule has 3 aromatic carbocycles. The highest BCUT2D eigenvalue weighted by atomic mass is 32.2. The van der Waals surface area contributed by atoms with Crippen LogP contribution < -0.4 is 20.3 Å². The van der Waals surface area contributed by atoms with Crippen molar-refractivity contribution in [2.75, 3.05) is 29.9 Å². The van der Waals surface area contributed by atoms with Crippen molar-refractivity contribution in [2.24, 2.45) is 0 Å². The van der Waals surface area contributed by atoms with E-state index in [1.165, 1.54) is 6.33 Å². The van der Waals surface area contributed by atoms with Crippen molar-refractivity contribution in [3.63, 3.8) is 0 Å². The van der Waals surface area contributed by atoms with Gasteiger partial charge >= 0.3 is 18.3 Å². The summed E-state index contributed by atoms with van der Waals surface area (Å²) in [7, 11) is -4.15. The van der Waals surface area contributed by atoms with Crippen LogP contribution in [0.5, 0.6) is 0 Å². The van der Waals surface area contributed by atoms with Gasteiger partial charge in [0.2, 0.25) is 21.9 Å². The van der Waals surface area contributed by atoms with E-state index in [0.29, 0.717) is 36.5 Å². The number of aliphatic hydroxyl groups excluding tert-OH is 2. The van der Waals surface area contributed by atoms with E-state index in [-0.39, 0.29) is 42.1 Å². The molecule has 15 nitrogen and oxygen atoms in total. The Kier molecular flexibility index (Phi) is 13.7. The predicted octanol–water partition coefficient (Wildman–Crippen LogP) is 4.84. The lowest BCUT2D eigenvalue weighted by Gasteiger charge is -2.22. The number of alkyl halides is 6. The number of sulfonamides is 1. The normalized spacial score (nSPS) is 20.5. The molecule has 1 aliphatic carbocycles. The maximum Gasteiger partial charge on any atom is 0.490 e. The molecule has 7 rings (SSSR count). The molecule has 0 spiro atoms. The van der Waals surface area contributed by atoms with Crippen LogP contribution in [0.4, 0.5) is 38.1 Å². The molecule has 6 N–H and O–H groups in total. The number of fused-ring (bicyclic) bond motifs is 1. The number of halogens is 6. The quantitative estimate of drug-likeness (QED) is 0.0930. The highest BCUT2D eigenvalue weighted by Gasteiger charge is 2.44. The van der Waals surface area contributed by atoms with Crippen LogP contribution >= 0.6 is 0 Å². The van der Waals surface area contributed by atoms with Crippen LogP contribution in [-0.4, -0.2) is 105 Å². The Hall–Kier alpha value is -5.84. The fourth-order valence-electron chi connectivity index (χ4n) is 7.29. The standard InChI is InChI=1S/C38H41F3N8O5S.C2HF3O2/c1-2-31(50)44-29-19-30(34(52)33(29)51)49-22-43-32-35(42-20-28(23-9-5-3-6-10-23)24-11-7-4-8-12-24)45-37(46-36(32)49)48-18-17-26(21-48)47-55(53,54)27-15-13-25(14-16-27)38(39,40)41;3-2(4,5)1(6)7/h3-16,22,26,28-30,33-34,47,51-52H,2,17-21H2,1H3,(H,44,50)(H,42,45,46);(H,6,7)/t26-,29+,30-,33-,34+;/m1./s1. The number of nitrogens with one attached hydrogen (secondary N) is 3. The van der Waals surface area contributed by atoms with E-state index in [2.05, 4.69) is 20.3 Å². The summed E-state index contributed by atoms with van der Waals surface area (Å²) in [5, 5.41) is 35.5. The van der Waals surface area contributed by atoms with E-state index < -0.39 is 64.2 Å². The third-order valence-electron chi connectivity index (χ3n) is 10.5. The average molecular weight is 893 g/mol. The first-order valence-electron chi connectivity index (χ1n) is 19.2. The van der Waals surface area contributed by atoms with Crippen molar-refractivity contribution < 1.29 is 59.7 Å². The van der Waals surface area contributed by atoms with Crippen LogP contribution in [0.1, 0.15) is 54.8 Å². The predicted molar refractivity (Wildman–Crippen MR) is 213 cm³/mol. The van der Waals surface area contributed by atoms with Gasteiger partial charge in [-0.2, -0.15) is 36.3 Å². The van der Waals surface area contributed by atoms with Crippen molar-refractivity contribution in [3.05, 3.63) is 108 Å². The van der Waals surface area contributed by atoms with E-state index in [4.69, 9.17) is 19.9 Å². The lowest BCUT2D eigenvalue weighted by atomic mass is 9.91. The molecular formula is C40H42F6N8O7S. The number of rotatable bonds is 12. The molecule has 1 saturated heterocycles. The Morgan fingerprint density at radius 2 is 1.48 bits per heavy atom. The number of benzene rings is 3. The van der Waals surface area contributed by atoms with Crippen molar-refractivity contribution >= 4 is 44.8 Å². The number of aliphatic carboxylic acids is 1. The lowest BCUT2D eigenvalue weighted by Crippen LogP contribution is -2.42. The number of nitrogens with zero attached hydrogens (tertiary/aromatic N) is 5. The average Bonchev–Trinajstić information content (AvgIpc) is 3.95. The zero-order valence-corrected chi connectivity index (χ0v) is 33.6. The van der Waals surface area contributed by atoms with Crippen LogP contribution in [0.2, 0.25) is 0 Å². The molecule has 5 aromatic rings. The van der Waals surface area contributed by atoms with Crippen LogP contribution in [0.15, 0.2) is 96.2 Å². The van der Waals surface area contributed by atoms with Gasteiger partial charge in [-0.05, 0) is 48.2 Å². The molecule has 0 unspecified atom stereocenters. The van der Waals surface area contributed by atoms with E-state index in [1.54, 1.807) is 16.4 Å². The van der Waals surface area contributed by atoms with Crippen LogP contribution in [0, 0.1) is 0 Å². The van der Waals surface area contributed by atoms with E-state index in [1.807, 2.05) is 60.7 Å². The van der Waals surface area contributed by atoms with Gasteiger partial charge in [-0.15, -0.1) is 0 Å². The van der Waals surface area contributed by atoms with Gasteiger partial charge in [0.1, 0.15) is 12.2 Å². The molecule has 2 aromatic heterocycles. The molecule has 22 heteroatoms. The molecule has 2 fully saturated rings. The topological polar surface area (TPSA) is 212 Å². The first-order valence-corrected chi connectivity index (χ1v) is 20.7. The van der Waals surface area contributed by atoms with Gasteiger partial charge in [0.05, 0.1) is 28.9 Å². The number of carbonyl (C=O) groups is 2. The fraction of sp³-hybridized carbons (Fsp3) is 0.375. The second-order valence-corrected chi connectivity index (χ2v) is 16.4. The minimum absolute atomic E-state index is 0.0801. The lowest BCUT2D eigenvalue weighted by molar-refractivity contribution is -0.192. The molecular weight excluding hydrogens is 851 g/mol. The van der Waals surface area contributed by atoms with Crippen LogP contribution in [0.3, 0.4) is 0 Å². The molecule has 3 heterocycles. The summed E-state index contributed by atoms with van der Waals surface area (Å²) in [6, 6.07) is 21.3. The third-order valence-corrected chi connectivity index (χ3v) is 12.0. The van der Waals surface area contributed by atoms with Gasteiger partial charge in [-0.1, -0.05) is 67.6 Å². The molecule has 2 aliphatic rings. The number of carboxylic acids is 1. The van der Waals surface area contributed by atoms with Gasteiger partial charge in [-0.25, -0.2) is 22.9 Å². The van der Waals surface area contributed by atoms with Crippen molar-refractivity contribution in [3.8, 4) is 0 Å². The zero-order chi connectivity index (χ0) is 45.0. The van der Waals surface area contributed by atoms with E-state index >= 15 is 0 Å². The molecule has 1 amide bonds. The number of hydrogen-bond acceptors (Lipinski definition) is 11. The highest BCUT2D eigenvalue weighted by molar-refractivity contribution is 7.89. The second kappa shape index (κ2) is 18.6. The molecule has 1 aliphatic heterocycles. The summed E-state index contributed by atoms with van der Waals surface area (Å²) in [6.45, 7) is 2.62. The highest BCUT2D eigenvalue weighted by Crippen LogP contribution is 2.36. The SMILES string of the molecule is CCC(=O)N[C@H]1C[C@@H](n2cnc3c(NCC(c4ccccc4)c4ccccc4)nc(N4CC[C@@H](NS(=O)(=O)c5ccc(C(F)(F)F)cc5)C4)nc32)[C@H](O)[C@@H]1O.O=C(O)C(F)(F)F. The largest absolute Gasteiger partial charge is 0.490 e. The Balaban J connectivity index is 0.000000845. The van der Waals surface area contributed by atoms with Crippen LogP contribution in [-0.2, 0) is 25.8 Å². The maximum atomic E-state index is 13.2. The van der Waals surface area contributed by atoms with Crippen molar-refractivity contribution in [1.29, 1.82) is 0 Å². The van der Waals surface area contributed by atoms with Gasteiger partial charge in [-0.3, -0.25) is 4.79 Å². The van der Waals surface area contributed by atoms with E-state index in [0.717, 1.165) is 35.4 Å². The van der Waals surface area contributed by atoms with Gasteiger partial charge in [0.25, 0.3) is 0 Å². The Bertz CT molecular complexity index is 2400. The Morgan fingerprint density at radius 3 is 2.03 bits per heavy atom. The molecule has 0 radical (unpaired) electrons. The zero-order valence-electron chi connectivity index (χ0n) is 32.8. The number of anilines is 2. The molecule has 1 saturated carbocycles. The van der Waals surface area contributed by atoms with E-state index in [9.17, 15) is 49.8 Å². The maximum absolute atomic E-state index is 13.2. The Labute approximate surface area is 350 Å². The summed E-state index contributed by atoms with van der Waals surface area (Å²) in [4.78, 5) is 37.0.